The summed E-state index contributed by atoms with van der Waals surface area (Å²) in [5, 5.41) is 11.5. The maximum atomic E-state index is 11.5. The average molecular weight is 377 g/mol. The van der Waals surface area contributed by atoms with E-state index in [1.807, 2.05) is 0 Å². The minimum atomic E-state index is -0.863. The summed E-state index contributed by atoms with van der Waals surface area (Å²) in [4.78, 5) is 0. The van der Waals surface area contributed by atoms with Crippen LogP contribution in [-0.4, -0.2) is 19.3 Å². The first-order valence-electron chi connectivity index (χ1n) is 10.8. The van der Waals surface area contributed by atoms with Crippen LogP contribution in [-0.2, 0) is 11.0 Å². The van der Waals surface area contributed by atoms with E-state index < -0.39 is 5.60 Å². The summed E-state index contributed by atoms with van der Waals surface area (Å²) in [6, 6.07) is 4.27. The van der Waals surface area contributed by atoms with Crippen LogP contribution < -0.4 is 9.47 Å². The lowest BCUT2D eigenvalue weighted by atomic mass is 9.73. The first kappa shape index (κ1) is 22.1. The second-order valence-electron chi connectivity index (χ2n) is 9.18. The van der Waals surface area contributed by atoms with Crippen LogP contribution in [0.15, 0.2) is 12.1 Å². The Morgan fingerprint density at radius 1 is 1.11 bits per heavy atom. The summed E-state index contributed by atoms with van der Waals surface area (Å²) >= 11 is 0. The van der Waals surface area contributed by atoms with Gasteiger partial charge in [0, 0.05) is 0 Å². The van der Waals surface area contributed by atoms with Crippen molar-refractivity contribution in [2.24, 2.45) is 5.92 Å². The van der Waals surface area contributed by atoms with E-state index in [1.165, 1.54) is 37.7 Å². The van der Waals surface area contributed by atoms with Gasteiger partial charge < -0.3 is 14.6 Å². The molecule has 3 heteroatoms. The predicted molar refractivity (Wildman–Crippen MR) is 113 cm³/mol. The van der Waals surface area contributed by atoms with Crippen LogP contribution in [0.25, 0.3) is 0 Å². The lowest BCUT2D eigenvalue weighted by Gasteiger charge is -2.38. The molecular weight excluding hydrogens is 336 g/mol. The molecule has 3 nitrogen and oxygen atoms in total. The van der Waals surface area contributed by atoms with Crippen molar-refractivity contribution in [1.29, 1.82) is 0 Å². The highest BCUT2D eigenvalue weighted by Gasteiger charge is 2.40. The van der Waals surface area contributed by atoms with Gasteiger partial charge in [-0.15, -0.1) is 0 Å². The molecule has 0 aliphatic heterocycles. The molecule has 27 heavy (non-hydrogen) atoms. The summed E-state index contributed by atoms with van der Waals surface area (Å²) < 4.78 is 11.6. The van der Waals surface area contributed by atoms with E-state index in [0.717, 1.165) is 42.7 Å². The molecule has 154 valence electrons. The number of methoxy groups -OCH3 is 2. The highest BCUT2D eigenvalue weighted by molar-refractivity contribution is 5.53. The zero-order valence-electron chi connectivity index (χ0n) is 18.4. The Balaban J connectivity index is 2.38. The van der Waals surface area contributed by atoms with Crippen LogP contribution in [0.5, 0.6) is 11.5 Å². The van der Waals surface area contributed by atoms with Crippen molar-refractivity contribution in [3.63, 3.8) is 0 Å². The first-order chi connectivity index (χ1) is 12.8. The molecule has 2 rings (SSSR count). The highest BCUT2D eigenvalue weighted by Crippen LogP contribution is 2.49. The van der Waals surface area contributed by atoms with Gasteiger partial charge in [0.2, 0.25) is 0 Å². The first-order valence-corrected chi connectivity index (χ1v) is 10.8. The maximum Gasteiger partial charge on any atom is 0.128 e. The molecule has 1 aromatic rings. The van der Waals surface area contributed by atoms with Gasteiger partial charge in [0.25, 0.3) is 0 Å². The summed E-state index contributed by atoms with van der Waals surface area (Å²) in [5.41, 5.74) is 1.25. The standard InChI is InChI=1S/C24H40O3/c1-7-8-9-10-13-23(3,4)19-15-20(26-5)22(21(16-19)27-6)24(25)14-11-12-18(2)17-24/h15-16,18,25H,7-14,17H2,1-6H3/t18-,24?/m1/s1. The van der Waals surface area contributed by atoms with Gasteiger partial charge >= 0.3 is 0 Å². The third-order valence-corrected chi connectivity index (χ3v) is 6.38. The van der Waals surface area contributed by atoms with Crippen molar-refractivity contribution >= 4 is 0 Å². The topological polar surface area (TPSA) is 38.7 Å². The molecule has 0 radical (unpaired) electrons. The Morgan fingerprint density at radius 2 is 1.74 bits per heavy atom. The van der Waals surface area contributed by atoms with E-state index >= 15 is 0 Å². The molecule has 0 saturated heterocycles. The molecule has 1 aliphatic carbocycles. The molecule has 0 spiro atoms. The predicted octanol–water partition coefficient (Wildman–Crippen LogP) is 6.35. The van der Waals surface area contributed by atoms with Gasteiger partial charge in [-0.2, -0.15) is 0 Å². The molecule has 0 bridgehead atoms. The van der Waals surface area contributed by atoms with E-state index in [9.17, 15) is 5.11 Å². The van der Waals surface area contributed by atoms with E-state index in [0.29, 0.717) is 5.92 Å². The molecule has 0 aromatic heterocycles. The molecule has 1 aliphatic rings. The van der Waals surface area contributed by atoms with Gasteiger partial charge in [0.05, 0.1) is 25.4 Å². The van der Waals surface area contributed by atoms with Crippen molar-refractivity contribution in [3.05, 3.63) is 23.3 Å². The Morgan fingerprint density at radius 3 is 2.26 bits per heavy atom. The fraction of sp³-hybridized carbons (Fsp3) is 0.750. The monoisotopic (exact) mass is 376 g/mol. The Hall–Kier alpha value is -1.22. The summed E-state index contributed by atoms with van der Waals surface area (Å²) in [6.45, 7) is 9.06. The smallest absolute Gasteiger partial charge is 0.128 e. The summed E-state index contributed by atoms with van der Waals surface area (Å²) in [6.07, 6.45) is 9.95. The minimum Gasteiger partial charge on any atom is -0.496 e. The Labute approximate surface area is 166 Å². The largest absolute Gasteiger partial charge is 0.496 e. The summed E-state index contributed by atoms with van der Waals surface area (Å²) in [5.74, 6) is 2.04. The fourth-order valence-corrected chi connectivity index (χ4v) is 4.65. The average Bonchev–Trinajstić information content (AvgIpc) is 2.63. The lowest BCUT2D eigenvalue weighted by Crippen LogP contribution is -2.33. The molecule has 2 atom stereocenters. The van der Waals surface area contributed by atoms with Crippen LogP contribution in [0.1, 0.15) is 96.6 Å². The Bertz CT molecular complexity index is 583. The van der Waals surface area contributed by atoms with Gasteiger partial charge in [-0.1, -0.05) is 59.8 Å². The third-order valence-electron chi connectivity index (χ3n) is 6.38. The van der Waals surface area contributed by atoms with Gasteiger partial charge in [-0.25, -0.2) is 0 Å². The van der Waals surface area contributed by atoms with E-state index in [-0.39, 0.29) is 5.41 Å². The molecule has 0 amide bonds. The third kappa shape index (κ3) is 5.19. The number of rotatable bonds is 9. The number of hydrogen-bond acceptors (Lipinski definition) is 3. The van der Waals surface area contributed by atoms with Crippen molar-refractivity contribution in [2.75, 3.05) is 14.2 Å². The lowest BCUT2D eigenvalue weighted by molar-refractivity contribution is -0.0214. The van der Waals surface area contributed by atoms with Gasteiger partial charge in [0.1, 0.15) is 11.5 Å². The molecule has 1 aromatic carbocycles. The van der Waals surface area contributed by atoms with Gasteiger partial charge in [-0.3, -0.25) is 0 Å². The zero-order chi connectivity index (χ0) is 20.1. The highest BCUT2D eigenvalue weighted by atomic mass is 16.5. The molecule has 1 unspecified atom stereocenters. The molecular formula is C24H40O3. The quantitative estimate of drug-likeness (QED) is 0.510. The molecule has 1 fully saturated rings. The van der Waals surface area contributed by atoms with Crippen molar-refractivity contribution in [2.45, 2.75) is 96.5 Å². The second kappa shape index (κ2) is 9.32. The van der Waals surface area contributed by atoms with E-state index in [2.05, 4.69) is 39.8 Å². The van der Waals surface area contributed by atoms with Crippen LogP contribution in [0, 0.1) is 5.92 Å². The van der Waals surface area contributed by atoms with E-state index in [4.69, 9.17) is 9.47 Å². The SMILES string of the molecule is CCCCCCC(C)(C)c1cc(OC)c(C2(O)CCC[C@@H](C)C2)c(OC)c1. The van der Waals surface area contributed by atoms with Crippen LogP contribution in [0.2, 0.25) is 0 Å². The minimum absolute atomic E-state index is 0.0509. The normalized spacial score (nSPS) is 23.3. The van der Waals surface area contributed by atoms with Crippen molar-refractivity contribution in [1.82, 2.24) is 0 Å². The maximum absolute atomic E-state index is 11.5. The molecule has 0 heterocycles. The number of aliphatic hydroxyl groups is 1. The van der Waals surface area contributed by atoms with Crippen LogP contribution in [0.3, 0.4) is 0 Å². The van der Waals surface area contributed by atoms with E-state index in [1.54, 1.807) is 14.2 Å². The fourth-order valence-electron chi connectivity index (χ4n) is 4.65. The number of ether oxygens (including phenoxy) is 2. The van der Waals surface area contributed by atoms with Crippen LogP contribution in [0.4, 0.5) is 0 Å². The number of unbranched alkanes of at least 4 members (excludes halogenated alkanes) is 3. The van der Waals surface area contributed by atoms with Crippen LogP contribution >= 0.6 is 0 Å². The number of benzene rings is 1. The molecule has 1 saturated carbocycles. The van der Waals surface area contributed by atoms with Crippen molar-refractivity contribution in [3.8, 4) is 11.5 Å². The zero-order valence-corrected chi connectivity index (χ0v) is 18.4. The summed E-state index contributed by atoms with van der Waals surface area (Å²) in [7, 11) is 3.40. The number of hydrogen-bond donors (Lipinski definition) is 1. The van der Waals surface area contributed by atoms with Gasteiger partial charge in [-0.05, 0) is 54.7 Å². The van der Waals surface area contributed by atoms with Gasteiger partial charge in [0.15, 0.2) is 0 Å². The molecule has 1 N–H and O–H groups in total. The van der Waals surface area contributed by atoms with Crippen molar-refractivity contribution < 1.29 is 14.6 Å². The Kier molecular flexibility index (Phi) is 7.62. The second-order valence-corrected chi connectivity index (χ2v) is 9.18.